The van der Waals surface area contributed by atoms with Gasteiger partial charge in [0.15, 0.2) is 0 Å². The van der Waals surface area contributed by atoms with Crippen LogP contribution in [-0.2, 0) is 6.54 Å². The minimum atomic E-state index is -0.734. The van der Waals surface area contributed by atoms with Crippen molar-refractivity contribution in [2.24, 2.45) is 0 Å². The number of benzene rings is 1. The van der Waals surface area contributed by atoms with Gasteiger partial charge < -0.3 is 10.0 Å². The third-order valence-electron chi connectivity index (χ3n) is 2.76. The number of carbonyl (C=O) groups excluding carboxylic acids is 1. The Morgan fingerprint density at radius 2 is 2.30 bits per heavy atom. The first-order valence-corrected chi connectivity index (χ1v) is 5.70. The lowest BCUT2D eigenvalue weighted by Gasteiger charge is -2.16. The van der Waals surface area contributed by atoms with Gasteiger partial charge in [-0.3, -0.25) is 20.0 Å². The molecule has 8 nitrogen and oxygen atoms in total. The second-order valence-electron chi connectivity index (χ2n) is 4.20. The summed E-state index contributed by atoms with van der Waals surface area (Å²) in [4.78, 5) is 23.5. The number of nitro groups is 1. The van der Waals surface area contributed by atoms with Gasteiger partial charge in [0.2, 0.25) is 5.75 Å². The number of rotatable bonds is 4. The molecule has 20 heavy (non-hydrogen) atoms. The summed E-state index contributed by atoms with van der Waals surface area (Å²) >= 11 is 0. The Morgan fingerprint density at radius 3 is 2.90 bits per heavy atom. The highest BCUT2D eigenvalue weighted by atomic mass is 16.6. The molecular weight excluding hydrogens is 264 g/mol. The van der Waals surface area contributed by atoms with Gasteiger partial charge in [-0.05, 0) is 6.07 Å². The van der Waals surface area contributed by atoms with E-state index in [1.165, 1.54) is 24.1 Å². The van der Waals surface area contributed by atoms with E-state index in [2.05, 4.69) is 10.2 Å². The van der Waals surface area contributed by atoms with Crippen molar-refractivity contribution >= 4 is 11.6 Å². The van der Waals surface area contributed by atoms with E-state index in [4.69, 9.17) is 0 Å². The predicted molar refractivity (Wildman–Crippen MR) is 69.1 cm³/mol. The van der Waals surface area contributed by atoms with Crippen LogP contribution in [0, 0.1) is 10.1 Å². The molecule has 1 aromatic carbocycles. The highest BCUT2D eigenvalue weighted by molar-refractivity contribution is 5.97. The number of hydrogen-bond donors (Lipinski definition) is 2. The van der Waals surface area contributed by atoms with Crippen molar-refractivity contribution < 1.29 is 14.8 Å². The summed E-state index contributed by atoms with van der Waals surface area (Å²) in [6.45, 7) is 0.275. The lowest BCUT2D eigenvalue weighted by atomic mass is 10.1. The molecule has 2 N–H and O–H groups in total. The molecule has 0 radical (unpaired) electrons. The summed E-state index contributed by atoms with van der Waals surface area (Å²) < 4.78 is 0. The maximum absolute atomic E-state index is 12.2. The Labute approximate surface area is 113 Å². The largest absolute Gasteiger partial charge is 0.502 e. The number of nitrogens with zero attached hydrogens (tertiary/aromatic N) is 3. The number of aromatic amines is 1. The van der Waals surface area contributed by atoms with Crippen LogP contribution in [0.2, 0.25) is 0 Å². The molecule has 2 aromatic rings. The molecule has 0 aliphatic rings. The van der Waals surface area contributed by atoms with E-state index < -0.39 is 22.3 Å². The monoisotopic (exact) mass is 276 g/mol. The summed E-state index contributed by atoms with van der Waals surface area (Å²) in [5, 5.41) is 26.9. The van der Waals surface area contributed by atoms with E-state index in [-0.39, 0.29) is 12.1 Å². The zero-order chi connectivity index (χ0) is 14.7. The van der Waals surface area contributed by atoms with Crippen molar-refractivity contribution in [3.63, 3.8) is 0 Å². The molecule has 104 valence electrons. The number of nitrogens with one attached hydrogen (secondary N) is 1. The number of amides is 1. The van der Waals surface area contributed by atoms with Crippen molar-refractivity contribution in [3.8, 4) is 5.75 Å². The van der Waals surface area contributed by atoms with E-state index in [9.17, 15) is 20.0 Å². The van der Waals surface area contributed by atoms with Gasteiger partial charge in [-0.2, -0.15) is 5.10 Å². The average molecular weight is 276 g/mol. The summed E-state index contributed by atoms with van der Waals surface area (Å²) in [6.07, 6.45) is 3.20. The molecular formula is C12H12N4O4. The van der Waals surface area contributed by atoms with Crippen LogP contribution >= 0.6 is 0 Å². The number of carbonyl (C=O) groups is 1. The zero-order valence-electron chi connectivity index (χ0n) is 10.6. The molecule has 1 aromatic heterocycles. The third-order valence-corrected chi connectivity index (χ3v) is 2.76. The van der Waals surface area contributed by atoms with Gasteiger partial charge in [0.25, 0.3) is 5.91 Å². The summed E-state index contributed by atoms with van der Waals surface area (Å²) in [7, 11) is 1.54. The van der Waals surface area contributed by atoms with Gasteiger partial charge in [0, 0.05) is 31.4 Å². The standard InChI is InChI=1S/C12H12N4O4/c1-15(7-8-5-13-14-6-8)12(18)9-3-2-4-10(11(9)17)16(19)20/h2-6,17H,7H2,1H3,(H,13,14). The fraction of sp³-hybridized carbons (Fsp3) is 0.167. The molecule has 1 heterocycles. The molecule has 0 atom stereocenters. The molecule has 0 aliphatic carbocycles. The molecule has 0 unspecified atom stereocenters. The Hall–Kier alpha value is -2.90. The van der Waals surface area contributed by atoms with Crippen molar-refractivity contribution in [2.45, 2.75) is 6.54 Å². The first-order valence-electron chi connectivity index (χ1n) is 5.70. The van der Waals surface area contributed by atoms with Crippen LogP contribution in [0.3, 0.4) is 0 Å². The molecule has 0 aliphatic heterocycles. The predicted octanol–water partition coefficient (Wildman–Crippen LogP) is 1.30. The topological polar surface area (TPSA) is 112 Å². The molecule has 0 fully saturated rings. The highest BCUT2D eigenvalue weighted by Crippen LogP contribution is 2.30. The summed E-state index contributed by atoms with van der Waals surface area (Å²) in [5.74, 6) is -1.13. The van der Waals surface area contributed by atoms with Crippen LogP contribution in [0.5, 0.6) is 5.75 Å². The van der Waals surface area contributed by atoms with E-state index in [1.807, 2.05) is 0 Å². The van der Waals surface area contributed by atoms with E-state index in [1.54, 1.807) is 12.4 Å². The number of nitro benzene ring substituents is 1. The van der Waals surface area contributed by atoms with Crippen LogP contribution in [0.4, 0.5) is 5.69 Å². The Morgan fingerprint density at radius 1 is 1.55 bits per heavy atom. The quantitative estimate of drug-likeness (QED) is 0.645. The lowest BCUT2D eigenvalue weighted by Crippen LogP contribution is -2.26. The van der Waals surface area contributed by atoms with Crippen LogP contribution in [0.15, 0.2) is 30.6 Å². The molecule has 8 heteroatoms. The van der Waals surface area contributed by atoms with E-state index >= 15 is 0 Å². The number of phenolic OH excluding ortho intramolecular Hbond substituents is 1. The number of hydrogen-bond acceptors (Lipinski definition) is 5. The molecule has 0 saturated heterocycles. The Bertz CT molecular complexity index is 639. The normalized spacial score (nSPS) is 10.2. The number of para-hydroxylation sites is 1. The lowest BCUT2D eigenvalue weighted by molar-refractivity contribution is -0.385. The molecule has 0 saturated carbocycles. The zero-order valence-corrected chi connectivity index (χ0v) is 10.6. The summed E-state index contributed by atoms with van der Waals surface area (Å²) in [5.41, 5.74) is 0.184. The molecule has 0 bridgehead atoms. The maximum atomic E-state index is 12.2. The molecule has 1 amide bonds. The van der Waals surface area contributed by atoms with Gasteiger partial charge in [-0.1, -0.05) is 6.07 Å². The number of aromatic nitrogens is 2. The fourth-order valence-corrected chi connectivity index (χ4v) is 1.77. The smallest absolute Gasteiger partial charge is 0.311 e. The summed E-state index contributed by atoms with van der Waals surface area (Å²) in [6, 6.07) is 3.84. The Balaban J connectivity index is 2.25. The van der Waals surface area contributed by atoms with E-state index in [0.717, 1.165) is 11.6 Å². The SMILES string of the molecule is CN(Cc1cn[nH]c1)C(=O)c1cccc([N+](=O)[O-])c1O. The van der Waals surface area contributed by atoms with E-state index in [0.29, 0.717) is 0 Å². The van der Waals surface area contributed by atoms with Crippen molar-refractivity contribution in [2.75, 3.05) is 7.05 Å². The fourth-order valence-electron chi connectivity index (χ4n) is 1.77. The van der Waals surface area contributed by atoms with Gasteiger partial charge in [0.05, 0.1) is 16.7 Å². The highest BCUT2D eigenvalue weighted by Gasteiger charge is 2.23. The third kappa shape index (κ3) is 2.58. The first kappa shape index (κ1) is 13.5. The van der Waals surface area contributed by atoms with Crippen LogP contribution in [0.25, 0.3) is 0 Å². The van der Waals surface area contributed by atoms with Crippen molar-refractivity contribution in [1.29, 1.82) is 0 Å². The second kappa shape index (κ2) is 5.39. The van der Waals surface area contributed by atoms with Crippen LogP contribution in [-0.4, -0.2) is 38.1 Å². The second-order valence-corrected chi connectivity index (χ2v) is 4.20. The number of aromatic hydroxyl groups is 1. The van der Waals surface area contributed by atoms with Crippen molar-refractivity contribution in [3.05, 3.63) is 51.8 Å². The number of phenols is 1. The van der Waals surface area contributed by atoms with Gasteiger partial charge >= 0.3 is 5.69 Å². The van der Waals surface area contributed by atoms with Crippen LogP contribution < -0.4 is 0 Å². The van der Waals surface area contributed by atoms with Crippen LogP contribution in [0.1, 0.15) is 15.9 Å². The first-order chi connectivity index (χ1) is 9.50. The van der Waals surface area contributed by atoms with Gasteiger partial charge in [0.1, 0.15) is 0 Å². The number of H-pyrrole nitrogens is 1. The average Bonchev–Trinajstić information content (AvgIpc) is 2.90. The molecule has 0 spiro atoms. The minimum absolute atomic E-state index is 0.106. The maximum Gasteiger partial charge on any atom is 0.311 e. The minimum Gasteiger partial charge on any atom is -0.502 e. The Kier molecular flexibility index (Phi) is 3.65. The van der Waals surface area contributed by atoms with Gasteiger partial charge in [-0.15, -0.1) is 0 Å². The van der Waals surface area contributed by atoms with Crippen molar-refractivity contribution in [1.82, 2.24) is 15.1 Å². The van der Waals surface area contributed by atoms with Gasteiger partial charge in [-0.25, -0.2) is 0 Å². The molecule has 2 rings (SSSR count).